The Kier molecular flexibility index (Phi) is 5.68. The van der Waals surface area contributed by atoms with Crippen LogP contribution in [0.3, 0.4) is 0 Å². The van der Waals surface area contributed by atoms with Gasteiger partial charge in [0.25, 0.3) is 0 Å². The Morgan fingerprint density at radius 1 is 1.32 bits per heavy atom. The van der Waals surface area contributed by atoms with Gasteiger partial charge in [0.1, 0.15) is 22.8 Å². The molecule has 3 N–H and O–H groups in total. The van der Waals surface area contributed by atoms with Gasteiger partial charge in [-0.1, -0.05) is 0 Å². The topological polar surface area (TPSA) is 102 Å². The van der Waals surface area contributed by atoms with Crippen molar-refractivity contribution >= 4 is 16.7 Å². The maximum atomic E-state index is 6.15. The Labute approximate surface area is 164 Å². The van der Waals surface area contributed by atoms with Gasteiger partial charge in [-0.15, -0.1) is 0 Å². The first kappa shape index (κ1) is 18.6. The number of rotatable bonds is 7. The summed E-state index contributed by atoms with van der Waals surface area (Å²) in [7, 11) is 0. The number of nitrogens with two attached hydrogens (primary N) is 1. The fourth-order valence-electron chi connectivity index (χ4n) is 3.46. The number of H-pyrrole nitrogens is 1. The molecule has 1 aliphatic rings. The van der Waals surface area contributed by atoms with Gasteiger partial charge in [-0.2, -0.15) is 5.10 Å². The van der Waals surface area contributed by atoms with E-state index in [0.29, 0.717) is 26.4 Å². The number of pyridine rings is 2. The Bertz CT molecular complexity index is 914. The summed E-state index contributed by atoms with van der Waals surface area (Å²) in [5.74, 6) is 1.70. The standard InChI is InChI=1S/C20H26N6O2/c1-14-13-27-11-9-26(14)18-12-17(28-10-3-2-6-21)15-4-7-22-20(19(15)24-18)16-5-8-23-25-16/h4-5,7-8,12,14H,2-3,6,9-11,13,21H2,1H3,(H,23,25). The fourth-order valence-corrected chi connectivity index (χ4v) is 3.46. The lowest BCUT2D eigenvalue weighted by Crippen LogP contribution is -2.44. The van der Waals surface area contributed by atoms with Gasteiger partial charge in [0.2, 0.25) is 0 Å². The van der Waals surface area contributed by atoms with Crippen LogP contribution in [0, 0.1) is 0 Å². The van der Waals surface area contributed by atoms with Crippen molar-refractivity contribution in [3.8, 4) is 17.1 Å². The molecule has 0 spiro atoms. The van der Waals surface area contributed by atoms with E-state index in [-0.39, 0.29) is 6.04 Å². The maximum Gasteiger partial charge on any atom is 0.133 e. The van der Waals surface area contributed by atoms with Crippen molar-refractivity contribution in [2.24, 2.45) is 5.73 Å². The summed E-state index contributed by atoms with van der Waals surface area (Å²) in [4.78, 5) is 11.8. The van der Waals surface area contributed by atoms with Crippen molar-refractivity contribution in [1.82, 2.24) is 20.2 Å². The van der Waals surface area contributed by atoms with E-state index < -0.39 is 0 Å². The second-order valence-electron chi connectivity index (χ2n) is 6.97. The number of hydrogen-bond donors (Lipinski definition) is 2. The largest absolute Gasteiger partial charge is 0.493 e. The number of nitrogens with zero attached hydrogens (tertiary/aromatic N) is 4. The summed E-state index contributed by atoms with van der Waals surface area (Å²) in [5, 5.41) is 7.99. The fraction of sp³-hybridized carbons (Fsp3) is 0.450. The van der Waals surface area contributed by atoms with E-state index in [4.69, 9.17) is 20.2 Å². The summed E-state index contributed by atoms with van der Waals surface area (Å²) in [5.41, 5.74) is 8.01. The van der Waals surface area contributed by atoms with Gasteiger partial charge in [0, 0.05) is 30.4 Å². The molecular formula is C20H26N6O2. The molecule has 0 aliphatic carbocycles. The smallest absolute Gasteiger partial charge is 0.133 e. The van der Waals surface area contributed by atoms with Crippen LogP contribution >= 0.6 is 0 Å². The van der Waals surface area contributed by atoms with Gasteiger partial charge in [-0.3, -0.25) is 10.1 Å². The normalized spacial score (nSPS) is 17.2. The van der Waals surface area contributed by atoms with Crippen LogP contribution in [-0.2, 0) is 4.74 Å². The van der Waals surface area contributed by atoms with Gasteiger partial charge >= 0.3 is 0 Å². The number of unbranched alkanes of at least 4 members (excludes halogenated alkanes) is 1. The van der Waals surface area contributed by atoms with Crippen LogP contribution in [0.4, 0.5) is 5.82 Å². The molecule has 148 valence electrons. The molecule has 4 rings (SSSR count). The number of aromatic nitrogens is 4. The highest BCUT2D eigenvalue weighted by atomic mass is 16.5. The van der Waals surface area contributed by atoms with Gasteiger partial charge in [-0.05, 0) is 38.4 Å². The van der Waals surface area contributed by atoms with Crippen molar-refractivity contribution in [3.63, 3.8) is 0 Å². The average molecular weight is 382 g/mol. The highest BCUT2D eigenvalue weighted by Crippen LogP contribution is 2.34. The molecule has 1 unspecified atom stereocenters. The van der Waals surface area contributed by atoms with E-state index in [1.807, 2.05) is 18.2 Å². The molecule has 8 heteroatoms. The highest BCUT2D eigenvalue weighted by molar-refractivity contribution is 5.95. The van der Waals surface area contributed by atoms with E-state index >= 15 is 0 Å². The Hall–Kier alpha value is -2.71. The summed E-state index contributed by atoms with van der Waals surface area (Å²) in [6.45, 7) is 5.61. The molecule has 1 saturated heterocycles. The van der Waals surface area contributed by atoms with E-state index in [1.165, 1.54) is 0 Å². The number of ether oxygens (including phenoxy) is 2. The molecule has 0 saturated carbocycles. The van der Waals surface area contributed by atoms with Crippen molar-refractivity contribution in [2.75, 3.05) is 37.8 Å². The maximum absolute atomic E-state index is 6.15. The zero-order valence-electron chi connectivity index (χ0n) is 16.1. The van der Waals surface area contributed by atoms with Crippen LogP contribution in [-0.4, -0.2) is 59.1 Å². The zero-order chi connectivity index (χ0) is 19.3. The lowest BCUT2D eigenvalue weighted by molar-refractivity contribution is 0.0985. The summed E-state index contributed by atoms with van der Waals surface area (Å²) in [6.07, 6.45) is 5.36. The molecular weight excluding hydrogens is 356 g/mol. The first-order valence-electron chi connectivity index (χ1n) is 9.74. The molecule has 1 aliphatic heterocycles. The monoisotopic (exact) mass is 382 g/mol. The Balaban J connectivity index is 1.79. The molecule has 0 amide bonds. The van der Waals surface area contributed by atoms with Crippen LogP contribution < -0.4 is 15.4 Å². The molecule has 8 nitrogen and oxygen atoms in total. The van der Waals surface area contributed by atoms with Crippen LogP contribution in [0.15, 0.2) is 30.6 Å². The van der Waals surface area contributed by atoms with E-state index in [2.05, 4.69) is 27.0 Å². The van der Waals surface area contributed by atoms with Crippen molar-refractivity contribution < 1.29 is 9.47 Å². The number of nitrogens with one attached hydrogen (secondary N) is 1. The minimum absolute atomic E-state index is 0.246. The third-order valence-corrected chi connectivity index (χ3v) is 4.95. The van der Waals surface area contributed by atoms with Gasteiger partial charge < -0.3 is 20.1 Å². The highest BCUT2D eigenvalue weighted by Gasteiger charge is 2.23. The lowest BCUT2D eigenvalue weighted by Gasteiger charge is -2.34. The van der Waals surface area contributed by atoms with Crippen LogP contribution in [0.25, 0.3) is 22.3 Å². The summed E-state index contributed by atoms with van der Waals surface area (Å²) in [6, 6.07) is 6.13. The Morgan fingerprint density at radius 2 is 2.25 bits per heavy atom. The molecule has 28 heavy (non-hydrogen) atoms. The number of anilines is 1. The zero-order valence-corrected chi connectivity index (χ0v) is 16.1. The quantitative estimate of drug-likeness (QED) is 0.605. The van der Waals surface area contributed by atoms with Gasteiger partial charge in [0.05, 0.1) is 31.6 Å². The third-order valence-electron chi connectivity index (χ3n) is 4.95. The summed E-state index contributed by atoms with van der Waals surface area (Å²) >= 11 is 0. The average Bonchev–Trinajstić information content (AvgIpc) is 3.25. The minimum atomic E-state index is 0.246. The second kappa shape index (κ2) is 8.53. The molecule has 1 atom stereocenters. The molecule has 1 fully saturated rings. The first-order chi connectivity index (χ1) is 13.8. The second-order valence-corrected chi connectivity index (χ2v) is 6.97. The molecule has 3 aromatic heterocycles. The van der Waals surface area contributed by atoms with Crippen molar-refractivity contribution in [1.29, 1.82) is 0 Å². The van der Waals surface area contributed by atoms with Gasteiger partial charge in [0.15, 0.2) is 0 Å². The lowest BCUT2D eigenvalue weighted by atomic mass is 10.1. The number of hydrogen-bond acceptors (Lipinski definition) is 7. The summed E-state index contributed by atoms with van der Waals surface area (Å²) < 4.78 is 11.7. The van der Waals surface area contributed by atoms with Crippen molar-refractivity contribution in [3.05, 3.63) is 30.6 Å². The van der Waals surface area contributed by atoms with E-state index in [9.17, 15) is 0 Å². The predicted molar refractivity (Wildman–Crippen MR) is 109 cm³/mol. The number of morpholine rings is 1. The Morgan fingerprint density at radius 3 is 3.04 bits per heavy atom. The molecule has 0 radical (unpaired) electrons. The number of aromatic amines is 1. The molecule has 0 aromatic carbocycles. The van der Waals surface area contributed by atoms with Crippen LogP contribution in [0.2, 0.25) is 0 Å². The predicted octanol–water partition coefficient (Wildman–Crippen LogP) is 2.36. The third kappa shape index (κ3) is 3.79. The van der Waals surface area contributed by atoms with Crippen LogP contribution in [0.5, 0.6) is 5.75 Å². The van der Waals surface area contributed by atoms with Gasteiger partial charge in [-0.25, -0.2) is 4.98 Å². The minimum Gasteiger partial charge on any atom is -0.493 e. The van der Waals surface area contributed by atoms with E-state index in [1.54, 1.807) is 12.4 Å². The van der Waals surface area contributed by atoms with Crippen molar-refractivity contribution in [2.45, 2.75) is 25.8 Å². The first-order valence-corrected chi connectivity index (χ1v) is 9.74. The van der Waals surface area contributed by atoms with Crippen LogP contribution in [0.1, 0.15) is 19.8 Å². The number of fused-ring (bicyclic) bond motifs is 1. The molecule has 3 aromatic rings. The molecule has 0 bridgehead atoms. The van der Waals surface area contributed by atoms with E-state index in [0.717, 1.165) is 53.2 Å². The SMILES string of the molecule is CC1COCCN1c1cc(OCCCCN)c2ccnc(-c3ccn[nH]3)c2n1. The molecule has 4 heterocycles.